The number of aliphatic hydroxyl groups is 1. The van der Waals surface area contributed by atoms with Crippen LogP contribution in [0.3, 0.4) is 0 Å². The van der Waals surface area contributed by atoms with Crippen molar-refractivity contribution in [1.82, 2.24) is 0 Å². The molecule has 3 heteroatoms. The van der Waals surface area contributed by atoms with E-state index in [0.717, 1.165) is 23.8 Å². The SMILES string of the molecule is NCC(c1cccc(Cl)c1)C(O)CC1CC2CCC1C2. The summed E-state index contributed by atoms with van der Waals surface area (Å²) in [7, 11) is 0. The molecule has 1 aromatic rings. The molecular weight excluding hydrogens is 270 g/mol. The van der Waals surface area contributed by atoms with Crippen LogP contribution in [0.5, 0.6) is 0 Å². The average Bonchev–Trinajstić information content (AvgIpc) is 3.02. The van der Waals surface area contributed by atoms with Crippen molar-refractivity contribution in [3.8, 4) is 0 Å². The first-order valence-corrected chi connectivity index (χ1v) is 8.18. The Hall–Kier alpha value is -0.570. The maximum atomic E-state index is 10.6. The fourth-order valence-corrected chi connectivity index (χ4v) is 4.59. The highest BCUT2D eigenvalue weighted by atomic mass is 35.5. The van der Waals surface area contributed by atoms with Crippen LogP contribution < -0.4 is 5.73 Å². The van der Waals surface area contributed by atoms with Crippen molar-refractivity contribution in [2.24, 2.45) is 23.5 Å². The number of benzene rings is 1. The predicted molar refractivity (Wildman–Crippen MR) is 82.8 cm³/mol. The van der Waals surface area contributed by atoms with Crippen molar-refractivity contribution >= 4 is 11.6 Å². The Bertz CT molecular complexity index is 464. The second-order valence-corrected chi connectivity index (χ2v) is 7.07. The molecule has 110 valence electrons. The first-order chi connectivity index (χ1) is 9.67. The quantitative estimate of drug-likeness (QED) is 0.872. The highest BCUT2D eigenvalue weighted by Crippen LogP contribution is 2.50. The van der Waals surface area contributed by atoms with Crippen LogP contribution in [-0.4, -0.2) is 17.8 Å². The number of hydrogen-bond acceptors (Lipinski definition) is 2. The Morgan fingerprint density at radius 1 is 1.30 bits per heavy atom. The molecule has 0 saturated heterocycles. The summed E-state index contributed by atoms with van der Waals surface area (Å²) in [5, 5.41) is 11.3. The van der Waals surface area contributed by atoms with Crippen LogP contribution in [-0.2, 0) is 0 Å². The molecule has 20 heavy (non-hydrogen) atoms. The van der Waals surface area contributed by atoms with Crippen LogP contribution in [0.4, 0.5) is 0 Å². The van der Waals surface area contributed by atoms with Crippen molar-refractivity contribution in [3.05, 3.63) is 34.9 Å². The van der Waals surface area contributed by atoms with Crippen LogP contribution >= 0.6 is 11.6 Å². The Morgan fingerprint density at radius 3 is 2.75 bits per heavy atom. The standard InChI is InChI=1S/C17H24ClNO/c18-15-3-1-2-13(8-15)16(10-19)17(20)9-14-7-11-4-5-12(14)6-11/h1-3,8,11-12,14,16-17,20H,4-7,9-10,19H2. The highest BCUT2D eigenvalue weighted by molar-refractivity contribution is 6.30. The van der Waals surface area contributed by atoms with Crippen molar-refractivity contribution < 1.29 is 5.11 Å². The van der Waals surface area contributed by atoms with Crippen LogP contribution in [0.1, 0.15) is 43.6 Å². The van der Waals surface area contributed by atoms with Crippen LogP contribution in [0, 0.1) is 17.8 Å². The van der Waals surface area contributed by atoms with Gasteiger partial charge in [0.2, 0.25) is 0 Å². The topological polar surface area (TPSA) is 46.2 Å². The van der Waals surface area contributed by atoms with Crippen molar-refractivity contribution in [1.29, 1.82) is 0 Å². The van der Waals surface area contributed by atoms with Crippen molar-refractivity contribution in [2.45, 2.75) is 44.1 Å². The largest absolute Gasteiger partial charge is 0.392 e. The smallest absolute Gasteiger partial charge is 0.0623 e. The van der Waals surface area contributed by atoms with E-state index in [0.29, 0.717) is 17.5 Å². The summed E-state index contributed by atoms with van der Waals surface area (Å²) in [6.45, 7) is 0.475. The van der Waals surface area contributed by atoms with E-state index in [2.05, 4.69) is 0 Å². The zero-order valence-electron chi connectivity index (χ0n) is 11.8. The third-order valence-electron chi connectivity index (χ3n) is 5.42. The molecule has 2 aliphatic rings. The Kier molecular flexibility index (Phi) is 4.34. The van der Waals surface area contributed by atoms with Gasteiger partial charge in [0, 0.05) is 17.5 Å². The number of nitrogens with two attached hydrogens (primary N) is 1. The third-order valence-corrected chi connectivity index (χ3v) is 5.66. The van der Waals surface area contributed by atoms with E-state index >= 15 is 0 Å². The maximum Gasteiger partial charge on any atom is 0.0623 e. The van der Waals surface area contributed by atoms with Crippen molar-refractivity contribution in [2.75, 3.05) is 6.54 Å². The van der Waals surface area contributed by atoms with E-state index in [-0.39, 0.29) is 12.0 Å². The minimum absolute atomic E-state index is 0.00725. The third kappa shape index (κ3) is 2.88. The summed E-state index contributed by atoms with van der Waals surface area (Å²) in [6.07, 6.45) is 6.03. The Labute approximate surface area is 126 Å². The molecule has 0 radical (unpaired) electrons. The minimum Gasteiger partial charge on any atom is -0.392 e. The zero-order chi connectivity index (χ0) is 14.1. The molecule has 2 fully saturated rings. The Balaban J connectivity index is 1.66. The molecule has 0 spiro atoms. The molecule has 2 aliphatic carbocycles. The van der Waals surface area contributed by atoms with Crippen LogP contribution in [0.15, 0.2) is 24.3 Å². The van der Waals surface area contributed by atoms with Gasteiger partial charge in [0.25, 0.3) is 0 Å². The maximum absolute atomic E-state index is 10.6. The second kappa shape index (κ2) is 6.05. The number of halogens is 1. The van der Waals surface area contributed by atoms with Gasteiger partial charge in [0.15, 0.2) is 0 Å². The number of hydrogen-bond donors (Lipinski definition) is 2. The first-order valence-electron chi connectivity index (χ1n) is 7.81. The molecule has 0 aromatic heterocycles. The van der Waals surface area contributed by atoms with E-state index in [9.17, 15) is 5.11 Å². The van der Waals surface area contributed by atoms with Crippen molar-refractivity contribution in [3.63, 3.8) is 0 Å². The van der Waals surface area contributed by atoms with Gasteiger partial charge in [-0.15, -0.1) is 0 Å². The predicted octanol–water partition coefficient (Wildman–Crippen LogP) is 3.57. The van der Waals surface area contributed by atoms with Gasteiger partial charge >= 0.3 is 0 Å². The number of fused-ring (bicyclic) bond motifs is 2. The molecule has 5 atom stereocenters. The number of rotatable bonds is 5. The average molecular weight is 294 g/mol. The van der Waals surface area contributed by atoms with Gasteiger partial charge in [-0.05, 0) is 61.1 Å². The summed E-state index contributed by atoms with van der Waals surface area (Å²) in [6, 6.07) is 7.75. The van der Waals surface area contributed by atoms with Gasteiger partial charge in [0.1, 0.15) is 0 Å². The van der Waals surface area contributed by atoms with E-state index in [1.54, 1.807) is 0 Å². The normalized spacial score (nSPS) is 31.4. The van der Waals surface area contributed by atoms with Gasteiger partial charge in [0.05, 0.1) is 6.10 Å². The van der Waals surface area contributed by atoms with Gasteiger partial charge < -0.3 is 10.8 Å². The molecule has 1 aromatic carbocycles. The minimum atomic E-state index is -0.345. The molecule has 0 heterocycles. The lowest BCUT2D eigenvalue weighted by Gasteiger charge is -2.28. The van der Waals surface area contributed by atoms with Crippen LogP contribution in [0.25, 0.3) is 0 Å². The first kappa shape index (κ1) is 14.4. The molecule has 0 aliphatic heterocycles. The monoisotopic (exact) mass is 293 g/mol. The second-order valence-electron chi connectivity index (χ2n) is 6.64. The molecule has 5 unspecified atom stereocenters. The fraction of sp³-hybridized carbons (Fsp3) is 0.647. The summed E-state index contributed by atoms with van der Waals surface area (Å²) in [5.74, 6) is 2.50. The molecule has 2 bridgehead atoms. The van der Waals surface area contributed by atoms with Gasteiger partial charge in [-0.2, -0.15) is 0 Å². The lowest BCUT2D eigenvalue weighted by molar-refractivity contribution is 0.101. The molecule has 2 nitrogen and oxygen atoms in total. The van der Waals surface area contributed by atoms with E-state index in [1.165, 1.54) is 25.7 Å². The molecule has 3 N–H and O–H groups in total. The molecular formula is C17H24ClNO. The lowest BCUT2D eigenvalue weighted by Crippen LogP contribution is -2.29. The lowest BCUT2D eigenvalue weighted by atomic mass is 9.80. The summed E-state index contributed by atoms with van der Waals surface area (Å²) in [5.41, 5.74) is 6.97. The van der Waals surface area contributed by atoms with Gasteiger partial charge in [-0.3, -0.25) is 0 Å². The highest BCUT2D eigenvalue weighted by Gasteiger charge is 2.40. The van der Waals surface area contributed by atoms with Gasteiger partial charge in [-0.25, -0.2) is 0 Å². The molecule has 3 rings (SSSR count). The van der Waals surface area contributed by atoms with E-state index in [4.69, 9.17) is 17.3 Å². The summed E-state index contributed by atoms with van der Waals surface area (Å²) < 4.78 is 0. The van der Waals surface area contributed by atoms with E-state index in [1.807, 2.05) is 24.3 Å². The Morgan fingerprint density at radius 2 is 2.15 bits per heavy atom. The molecule has 0 amide bonds. The summed E-state index contributed by atoms with van der Waals surface area (Å²) in [4.78, 5) is 0. The van der Waals surface area contributed by atoms with E-state index < -0.39 is 0 Å². The fourth-order valence-electron chi connectivity index (χ4n) is 4.39. The zero-order valence-corrected chi connectivity index (χ0v) is 12.6. The number of aliphatic hydroxyl groups excluding tert-OH is 1. The summed E-state index contributed by atoms with van der Waals surface area (Å²) >= 11 is 6.05. The van der Waals surface area contributed by atoms with Gasteiger partial charge in [-0.1, -0.05) is 30.2 Å². The van der Waals surface area contributed by atoms with Crippen LogP contribution in [0.2, 0.25) is 5.02 Å². The molecule has 2 saturated carbocycles.